The fourth-order valence-electron chi connectivity index (χ4n) is 3.23. The molecule has 26 heavy (non-hydrogen) atoms. The third kappa shape index (κ3) is 3.37. The highest BCUT2D eigenvalue weighted by molar-refractivity contribution is 7.98. The van der Waals surface area contributed by atoms with Gasteiger partial charge >= 0.3 is 0 Å². The normalized spacial score (nSPS) is 16.6. The number of hydrogen-bond acceptors (Lipinski definition) is 3. The third-order valence-electron chi connectivity index (χ3n) is 4.61. The molecule has 4 rings (SSSR count). The van der Waals surface area contributed by atoms with Crippen molar-refractivity contribution >= 4 is 23.2 Å². The topological polar surface area (TPSA) is 15.6 Å². The maximum absolute atomic E-state index is 13.3. The van der Waals surface area contributed by atoms with Gasteiger partial charge in [0.15, 0.2) is 0 Å². The van der Waals surface area contributed by atoms with Crippen molar-refractivity contribution in [2.45, 2.75) is 17.4 Å². The van der Waals surface area contributed by atoms with Gasteiger partial charge in [-0.3, -0.25) is 5.01 Å². The number of thioether (sulfide) groups is 1. The molecule has 0 saturated heterocycles. The van der Waals surface area contributed by atoms with Crippen LogP contribution in [0, 0.1) is 5.82 Å². The molecule has 1 atom stereocenters. The second-order valence-electron chi connectivity index (χ2n) is 6.23. The zero-order valence-electron chi connectivity index (χ0n) is 14.5. The molecule has 0 radical (unpaired) electrons. The summed E-state index contributed by atoms with van der Waals surface area (Å²) in [5, 5.41) is 6.96. The minimum Gasteiger partial charge on any atom is -0.257 e. The van der Waals surface area contributed by atoms with E-state index in [-0.39, 0.29) is 11.9 Å². The molecule has 0 N–H and O–H groups in total. The van der Waals surface area contributed by atoms with Crippen molar-refractivity contribution in [3.05, 3.63) is 95.8 Å². The van der Waals surface area contributed by atoms with E-state index < -0.39 is 0 Å². The van der Waals surface area contributed by atoms with Crippen LogP contribution in [0.25, 0.3) is 0 Å². The van der Waals surface area contributed by atoms with Crippen molar-refractivity contribution in [1.29, 1.82) is 0 Å². The molecule has 1 aliphatic heterocycles. The van der Waals surface area contributed by atoms with Crippen LogP contribution in [0.5, 0.6) is 0 Å². The van der Waals surface area contributed by atoms with Gasteiger partial charge in [0.2, 0.25) is 0 Å². The predicted molar refractivity (Wildman–Crippen MR) is 107 cm³/mol. The molecule has 130 valence electrons. The number of hydrazone groups is 1. The van der Waals surface area contributed by atoms with E-state index in [1.807, 2.05) is 18.2 Å². The van der Waals surface area contributed by atoms with Gasteiger partial charge in [0, 0.05) is 11.3 Å². The van der Waals surface area contributed by atoms with Crippen molar-refractivity contribution in [2.75, 3.05) is 11.3 Å². The quantitative estimate of drug-likeness (QED) is 0.537. The number of halogens is 1. The van der Waals surface area contributed by atoms with Gasteiger partial charge in [-0.15, -0.1) is 11.8 Å². The van der Waals surface area contributed by atoms with Crippen LogP contribution in [-0.2, 0) is 0 Å². The fraction of sp³-hybridized carbons (Fsp3) is 0.136. The summed E-state index contributed by atoms with van der Waals surface area (Å²) in [5.74, 6) is -0.225. The third-order valence-corrected chi connectivity index (χ3v) is 5.35. The van der Waals surface area contributed by atoms with Crippen LogP contribution in [0.4, 0.5) is 10.1 Å². The van der Waals surface area contributed by atoms with Crippen LogP contribution in [0.1, 0.15) is 23.6 Å². The largest absolute Gasteiger partial charge is 0.257 e. The monoisotopic (exact) mass is 362 g/mol. The van der Waals surface area contributed by atoms with Gasteiger partial charge in [-0.05, 0) is 53.8 Å². The Kier molecular flexibility index (Phi) is 4.76. The van der Waals surface area contributed by atoms with Gasteiger partial charge in [0.05, 0.1) is 17.4 Å². The van der Waals surface area contributed by atoms with E-state index >= 15 is 0 Å². The van der Waals surface area contributed by atoms with E-state index in [1.54, 1.807) is 23.9 Å². The first-order chi connectivity index (χ1) is 12.7. The molecular formula is C22H19FN2S. The molecule has 1 heterocycles. The van der Waals surface area contributed by atoms with Gasteiger partial charge in [0.1, 0.15) is 5.82 Å². The first kappa shape index (κ1) is 16.9. The summed E-state index contributed by atoms with van der Waals surface area (Å²) in [6.07, 6.45) is 2.87. The summed E-state index contributed by atoms with van der Waals surface area (Å²) in [4.78, 5) is 1.25. The Bertz CT molecular complexity index is 905. The number of anilines is 1. The van der Waals surface area contributed by atoms with E-state index in [0.29, 0.717) is 0 Å². The standard InChI is InChI=1S/C22H19FN2S/c1-26-20-13-9-17(10-14-20)22-15-21(16-7-11-18(23)12-8-16)24-25(22)19-5-3-2-4-6-19/h2-14,22H,15H2,1H3. The van der Waals surface area contributed by atoms with Crippen LogP contribution >= 0.6 is 11.8 Å². The van der Waals surface area contributed by atoms with Gasteiger partial charge in [-0.1, -0.05) is 42.5 Å². The number of nitrogens with zero attached hydrogens (tertiary/aromatic N) is 2. The van der Waals surface area contributed by atoms with Crippen LogP contribution in [0.3, 0.4) is 0 Å². The predicted octanol–water partition coefficient (Wildman–Crippen LogP) is 5.90. The maximum Gasteiger partial charge on any atom is 0.123 e. The highest BCUT2D eigenvalue weighted by Crippen LogP contribution is 2.37. The lowest BCUT2D eigenvalue weighted by atomic mass is 9.98. The van der Waals surface area contributed by atoms with Gasteiger partial charge < -0.3 is 0 Å². The molecule has 3 aromatic carbocycles. The molecule has 2 nitrogen and oxygen atoms in total. The number of hydrogen-bond donors (Lipinski definition) is 0. The minimum absolute atomic E-state index is 0.133. The second-order valence-corrected chi connectivity index (χ2v) is 7.11. The van der Waals surface area contributed by atoms with Gasteiger partial charge in [-0.2, -0.15) is 5.10 Å². The Morgan fingerprint density at radius 1 is 0.923 bits per heavy atom. The number of benzene rings is 3. The second kappa shape index (κ2) is 7.34. The Labute approximate surface area is 157 Å². The van der Waals surface area contributed by atoms with Crippen LogP contribution in [0.15, 0.2) is 88.9 Å². The van der Waals surface area contributed by atoms with E-state index in [4.69, 9.17) is 5.10 Å². The van der Waals surface area contributed by atoms with Crippen molar-refractivity contribution < 1.29 is 4.39 Å². The zero-order valence-corrected chi connectivity index (χ0v) is 15.3. The molecule has 0 spiro atoms. The Hall–Kier alpha value is -2.59. The fourth-order valence-corrected chi connectivity index (χ4v) is 3.64. The summed E-state index contributed by atoms with van der Waals surface area (Å²) in [6.45, 7) is 0. The van der Waals surface area contributed by atoms with E-state index in [1.165, 1.54) is 22.6 Å². The van der Waals surface area contributed by atoms with Crippen molar-refractivity contribution in [3.8, 4) is 0 Å². The van der Waals surface area contributed by atoms with Crippen LogP contribution in [-0.4, -0.2) is 12.0 Å². The smallest absolute Gasteiger partial charge is 0.123 e. The van der Waals surface area contributed by atoms with Crippen molar-refractivity contribution in [1.82, 2.24) is 0 Å². The average Bonchev–Trinajstić information content (AvgIpc) is 3.15. The summed E-state index contributed by atoms with van der Waals surface area (Å²) < 4.78 is 13.3. The van der Waals surface area contributed by atoms with Gasteiger partial charge in [-0.25, -0.2) is 4.39 Å². The first-order valence-corrected chi connectivity index (χ1v) is 9.79. The van der Waals surface area contributed by atoms with Gasteiger partial charge in [0.25, 0.3) is 0 Å². The molecule has 4 heteroatoms. The summed E-state index contributed by atoms with van der Waals surface area (Å²) in [5.41, 5.74) is 4.24. The first-order valence-electron chi connectivity index (χ1n) is 8.56. The number of rotatable bonds is 4. The lowest BCUT2D eigenvalue weighted by Crippen LogP contribution is -2.18. The van der Waals surface area contributed by atoms with E-state index in [9.17, 15) is 4.39 Å². The molecule has 0 fully saturated rings. The SMILES string of the molecule is CSc1ccc(C2CC(c3ccc(F)cc3)=NN2c2ccccc2)cc1. The molecule has 3 aromatic rings. The molecule has 0 aliphatic carbocycles. The zero-order chi connectivity index (χ0) is 17.9. The Morgan fingerprint density at radius 3 is 2.27 bits per heavy atom. The minimum atomic E-state index is -0.225. The van der Waals surface area contributed by atoms with Crippen molar-refractivity contribution in [2.24, 2.45) is 5.10 Å². The van der Waals surface area contributed by atoms with Crippen LogP contribution < -0.4 is 5.01 Å². The summed E-state index contributed by atoms with van der Waals surface area (Å²) >= 11 is 1.74. The number of para-hydroxylation sites is 1. The molecule has 0 amide bonds. The molecule has 1 aliphatic rings. The van der Waals surface area contributed by atoms with E-state index in [2.05, 4.69) is 47.7 Å². The van der Waals surface area contributed by atoms with Crippen LogP contribution in [0.2, 0.25) is 0 Å². The summed E-state index contributed by atoms with van der Waals surface area (Å²) in [7, 11) is 0. The lowest BCUT2D eigenvalue weighted by Gasteiger charge is -2.24. The molecule has 1 unspecified atom stereocenters. The Balaban J connectivity index is 1.71. The molecule has 0 aromatic heterocycles. The highest BCUT2D eigenvalue weighted by atomic mass is 32.2. The molecule has 0 bridgehead atoms. The highest BCUT2D eigenvalue weighted by Gasteiger charge is 2.29. The molecular weight excluding hydrogens is 343 g/mol. The Morgan fingerprint density at radius 2 is 1.62 bits per heavy atom. The maximum atomic E-state index is 13.3. The lowest BCUT2D eigenvalue weighted by molar-refractivity contribution is 0.627. The molecule has 0 saturated carbocycles. The summed E-state index contributed by atoms with van der Waals surface area (Å²) in [6, 6.07) is 25.6. The average molecular weight is 362 g/mol. The van der Waals surface area contributed by atoms with Crippen molar-refractivity contribution in [3.63, 3.8) is 0 Å². The van der Waals surface area contributed by atoms with E-state index in [0.717, 1.165) is 23.4 Å².